The van der Waals surface area contributed by atoms with Crippen molar-refractivity contribution < 1.29 is 24.5 Å². The van der Waals surface area contributed by atoms with Crippen LogP contribution < -0.4 is 11.2 Å². The van der Waals surface area contributed by atoms with Gasteiger partial charge >= 0.3 is 17.6 Å². The van der Waals surface area contributed by atoms with Gasteiger partial charge in [-0.05, 0) is 25.0 Å². The molecule has 0 spiro atoms. The number of thiophene rings is 1. The maximum absolute atomic E-state index is 13.0. The monoisotopic (exact) mass is 432 g/mol. The molecule has 3 rings (SSSR count). The first-order chi connectivity index (χ1) is 14.3. The Kier molecular flexibility index (Phi) is 6.18. The van der Waals surface area contributed by atoms with Crippen molar-refractivity contribution in [2.75, 3.05) is 6.61 Å². The highest BCUT2D eigenvalue weighted by Crippen LogP contribution is 2.29. The van der Waals surface area contributed by atoms with E-state index in [0.717, 1.165) is 15.9 Å². The number of aliphatic hydroxyl groups is 1. The summed E-state index contributed by atoms with van der Waals surface area (Å²) in [7, 11) is 0. The molecule has 30 heavy (non-hydrogen) atoms. The van der Waals surface area contributed by atoms with Crippen molar-refractivity contribution in [3.05, 3.63) is 67.2 Å². The summed E-state index contributed by atoms with van der Waals surface area (Å²) in [5.41, 5.74) is -0.818. The number of aliphatic hydroxyl groups excluding tert-OH is 1. The Morgan fingerprint density at radius 3 is 2.43 bits per heavy atom. The van der Waals surface area contributed by atoms with Crippen LogP contribution in [0.15, 0.2) is 39.9 Å². The van der Waals surface area contributed by atoms with Gasteiger partial charge in [-0.15, -0.1) is 11.3 Å². The zero-order chi connectivity index (χ0) is 22.0. The average Bonchev–Trinajstić information content (AvgIpc) is 3.06. The largest absolute Gasteiger partial charge is 0.480 e. The summed E-state index contributed by atoms with van der Waals surface area (Å²) in [5, 5.41) is 19.8. The predicted molar refractivity (Wildman–Crippen MR) is 110 cm³/mol. The van der Waals surface area contributed by atoms with Gasteiger partial charge < -0.3 is 14.9 Å². The van der Waals surface area contributed by atoms with Crippen LogP contribution in [0.5, 0.6) is 0 Å². The summed E-state index contributed by atoms with van der Waals surface area (Å²) in [5.74, 6) is -2.00. The number of carbonyl (C=O) groups excluding carboxylic acids is 1. The minimum absolute atomic E-state index is 0.0594. The average molecular weight is 432 g/mol. The molecule has 0 unspecified atom stereocenters. The highest BCUT2D eigenvalue weighted by molar-refractivity contribution is 7.20. The quantitative estimate of drug-likeness (QED) is 0.542. The van der Waals surface area contributed by atoms with Crippen LogP contribution in [0.2, 0.25) is 0 Å². The number of aliphatic carboxylic acids is 1. The van der Waals surface area contributed by atoms with Gasteiger partial charge in [-0.3, -0.25) is 14.2 Å². The molecule has 0 saturated carbocycles. The molecule has 1 atom stereocenters. The number of benzene rings is 1. The summed E-state index contributed by atoms with van der Waals surface area (Å²) in [4.78, 5) is 49.7. The molecule has 158 valence electrons. The summed E-state index contributed by atoms with van der Waals surface area (Å²) in [6, 6.07) is 8.61. The molecule has 2 heterocycles. The molecule has 0 aliphatic carbocycles. The van der Waals surface area contributed by atoms with Crippen LogP contribution in [0.25, 0.3) is 10.2 Å². The molecule has 3 aromatic rings. The number of esters is 1. The minimum Gasteiger partial charge on any atom is -0.480 e. The Hall–Kier alpha value is -3.24. The van der Waals surface area contributed by atoms with Gasteiger partial charge in [0.05, 0.1) is 24.6 Å². The van der Waals surface area contributed by atoms with E-state index >= 15 is 0 Å². The molecule has 2 N–H and O–H groups in total. The second-order valence-corrected chi connectivity index (χ2v) is 7.56. The fourth-order valence-electron chi connectivity index (χ4n) is 3.18. The highest BCUT2D eigenvalue weighted by Gasteiger charge is 2.25. The molecule has 0 aliphatic heterocycles. The normalized spacial score (nSPS) is 12.1. The van der Waals surface area contributed by atoms with E-state index in [9.17, 15) is 24.3 Å². The Morgan fingerprint density at radius 2 is 1.83 bits per heavy atom. The fourth-order valence-corrected chi connectivity index (χ4v) is 4.37. The number of nitrogens with zero attached hydrogens (tertiary/aromatic N) is 2. The molecule has 1 aromatic carbocycles. The van der Waals surface area contributed by atoms with Crippen molar-refractivity contribution in [1.29, 1.82) is 0 Å². The zero-order valence-electron chi connectivity index (χ0n) is 16.3. The second kappa shape index (κ2) is 8.64. The van der Waals surface area contributed by atoms with Crippen LogP contribution in [0.1, 0.15) is 33.8 Å². The van der Waals surface area contributed by atoms with Crippen LogP contribution >= 0.6 is 11.3 Å². The first-order valence-corrected chi connectivity index (χ1v) is 9.96. The third-order valence-corrected chi connectivity index (χ3v) is 5.88. The van der Waals surface area contributed by atoms with Gasteiger partial charge in [0.15, 0.2) is 0 Å². The molecule has 2 aromatic heterocycles. The highest BCUT2D eigenvalue weighted by atomic mass is 32.1. The lowest BCUT2D eigenvalue weighted by Gasteiger charge is -2.15. The molecular weight excluding hydrogens is 412 g/mol. The van der Waals surface area contributed by atoms with Crippen molar-refractivity contribution in [3.63, 3.8) is 0 Å². The number of aromatic nitrogens is 2. The van der Waals surface area contributed by atoms with E-state index in [-0.39, 0.29) is 28.2 Å². The summed E-state index contributed by atoms with van der Waals surface area (Å²) in [6.45, 7) is 2.27. The summed E-state index contributed by atoms with van der Waals surface area (Å²) in [6.07, 6.45) is -1.09. The van der Waals surface area contributed by atoms with Crippen LogP contribution in [0, 0.1) is 6.92 Å². The Bertz CT molecular complexity index is 1220. The Labute approximate surface area is 174 Å². The van der Waals surface area contributed by atoms with E-state index < -0.39 is 35.8 Å². The summed E-state index contributed by atoms with van der Waals surface area (Å²) < 4.78 is 6.76. The topological polar surface area (TPSA) is 128 Å². The van der Waals surface area contributed by atoms with Gasteiger partial charge in [-0.1, -0.05) is 30.3 Å². The lowest BCUT2D eigenvalue weighted by atomic mass is 10.1. The molecule has 0 bridgehead atoms. The maximum atomic E-state index is 13.0. The number of fused-ring (bicyclic) bond motifs is 1. The van der Waals surface area contributed by atoms with E-state index in [0.29, 0.717) is 15.7 Å². The molecule has 0 amide bonds. The number of ether oxygens (including phenoxy) is 1. The van der Waals surface area contributed by atoms with Crippen LogP contribution in [0.4, 0.5) is 0 Å². The molecule has 0 radical (unpaired) electrons. The van der Waals surface area contributed by atoms with Crippen molar-refractivity contribution in [3.8, 4) is 0 Å². The van der Waals surface area contributed by atoms with Gasteiger partial charge in [-0.25, -0.2) is 14.2 Å². The number of carboxylic acid groups (broad SMARTS) is 1. The van der Waals surface area contributed by atoms with E-state index in [1.165, 1.54) is 0 Å². The van der Waals surface area contributed by atoms with Gasteiger partial charge in [0.1, 0.15) is 16.3 Å². The minimum atomic E-state index is -1.36. The Balaban J connectivity index is 2.26. The predicted octanol–water partition coefficient (Wildman–Crippen LogP) is 1.53. The number of hydrogen-bond acceptors (Lipinski definition) is 7. The van der Waals surface area contributed by atoms with Crippen molar-refractivity contribution in [1.82, 2.24) is 9.13 Å². The van der Waals surface area contributed by atoms with Gasteiger partial charge in [0.25, 0.3) is 5.56 Å². The third kappa shape index (κ3) is 3.91. The molecule has 0 saturated heterocycles. The van der Waals surface area contributed by atoms with E-state index in [2.05, 4.69) is 0 Å². The molecule has 0 aliphatic rings. The van der Waals surface area contributed by atoms with E-state index in [1.807, 2.05) is 0 Å². The van der Waals surface area contributed by atoms with Crippen LogP contribution in [0.3, 0.4) is 0 Å². The molecular formula is C20H20N2O7S. The first kappa shape index (κ1) is 21.5. The van der Waals surface area contributed by atoms with E-state index in [4.69, 9.17) is 9.84 Å². The second-order valence-electron chi connectivity index (χ2n) is 6.56. The molecule has 0 fully saturated rings. The Morgan fingerprint density at radius 1 is 1.17 bits per heavy atom. The van der Waals surface area contributed by atoms with Crippen LogP contribution in [-0.4, -0.2) is 37.9 Å². The summed E-state index contributed by atoms with van der Waals surface area (Å²) >= 11 is 0.908. The number of rotatable bonds is 7. The fraction of sp³-hybridized carbons (Fsp3) is 0.300. The van der Waals surface area contributed by atoms with Gasteiger partial charge in [0.2, 0.25) is 0 Å². The number of aryl methyl sites for hydroxylation is 1. The maximum Gasteiger partial charge on any atom is 0.348 e. The number of hydrogen-bond donors (Lipinski definition) is 2. The number of carboxylic acids is 1. The van der Waals surface area contributed by atoms with Crippen molar-refractivity contribution >= 4 is 33.5 Å². The van der Waals surface area contributed by atoms with Crippen LogP contribution in [-0.2, 0) is 22.6 Å². The zero-order valence-corrected chi connectivity index (χ0v) is 17.1. The van der Waals surface area contributed by atoms with Gasteiger partial charge in [0, 0.05) is 0 Å². The SMILES string of the molecule is CCOC(=O)c1sc2c(c1C)c(=O)n(CC(=O)O)c(=O)n2C[C@@H](O)c1ccccc1. The lowest BCUT2D eigenvalue weighted by molar-refractivity contribution is -0.137. The lowest BCUT2D eigenvalue weighted by Crippen LogP contribution is -2.42. The first-order valence-electron chi connectivity index (χ1n) is 9.14. The molecule has 9 nitrogen and oxygen atoms in total. The third-order valence-electron chi connectivity index (χ3n) is 4.59. The molecule has 10 heteroatoms. The van der Waals surface area contributed by atoms with Gasteiger partial charge in [-0.2, -0.15) is 0 Å². The standard InChI is InChI=1S/C20H20N2O7S/c1-3-29-19(27)16-11(2)15-17(26)21(10-14(24)25)20(28)22(18(15)30-16)9-13(23)12-7-5-4-6-8-12/h4-8,13,23H,3,9-10H2,1-2H3,(H,24,25)/t13-/m1/s1. The number of carbonyl (C=O) groups is 2. The van der Waals surface area contributed by atoms with Crippen molar-refractivity contribution in [2.45, 2.75) is 33.0 Å². The van der Waals surface area contributed by atoms with E-state index in [1.54, 1.807) is 44.2 Å². The smallest absolute Gasteiger partial charge is 0.348 e. The van der Waals surface area contributed by atoms with Crippen molar-refractivity contribution in [2.24, 2.45) is 0 Å².